The molecule has 266 valence electrons. The molecular weight excluding hydrogens is 724 g/mol. The molecule has 0 N–H and O–H groups in total. The van der Waals surface area contributed by atoms with Crippen LogP contribution in [0.2, 0.25) is 0 Å². The minimum Gasteiger partial charge on any atom is -0.358 e. The van der Waals surface area contributed by atoms with E-state index in [0.29, 0.717) is 0 Å². The summed E-state index contributed by atoms with van der Waals surface area (Å²) in [5.74, 6) is 0. The SMILES string of the molecule is C(=NC1CCCCC1N=Cc1ccccc1[PH+](c1ccccc1)c1ccccc1)c1ccccc1[PH+](c1ccccc1)c1ccccc1.[C-]#[N+]C.[CH3-].[Fe+2]. The van der Waals surface area contributed by atoms with E-state index in [1.165, 1.54) is 62.8 Å². The van der Waals surface area contributed by atoms with Crippen molar-refractivity contribution in [1.29, 1.82) is 0 Å². The van der Waals surface area contributed by atoms with Crippen LogP contribution in [0.3, 0.4) is 0 Å². The average Bonchev–Trinajstić information content (AvgIpc) is 3.20. The minimum atomic E-state index is -1.19. The molecule has 3 nitrogen and oxygen atoms in total. The van der Waals surface area contributed by atoms with Crippen LogP contribution < -0.4 is 31.8 Å². The second-order valence-corrected chi connectivity index (χ2v) is 17.5. The van der Waals surface area contributed by atoms with Gasteiger partial charge in [-0.2, -0.15) is 0 Å². The molecule has 7 rings (SSSR count). The Hall–Kier alpha value is -4.47. The van der Waals surface area contributed by atoms with E-state index in [4.69, 9.17) is 16.6 Å². The van der Waals surface area contributed by atoms with E-state index >= 15 is 0 Å². The van der Waals surface area contributed by atoms with Gasteiger partial charge >= 0.3 is 17.1 Å². The van der Waals surface area contributed by atoms with Gasteiger partial charge in [-0.15, -0.1) is 0 Å². The van der Waals surface area contributed by atoms with Crippen molar-refractivity contribution in [2.75, 3.05) is 7.05 Å². The molecule has 6 heteroatoms. The molecular formula is C47H48FeN3P2+3. The van der Waals surface area contributed by atoms with Gasteiger partial charge in [0.05, 0.1) is 27.9 Å². The van der Waals surface area contributed by atoms with Crippen LogP contribution in [0, 0.1) is 14.0 Å². The van der Waals surface area contributed by atoms with Crippen LogP contribution in [0.1, 0.15) is 36.8 Å². The predicted octanol–water partition coefficient (Wildman–Crippen LogP) is 8.50. The van der Waals surface area contributed by atoms with Gasteiger partial charge in [0.2, 0.25) is 7.05 Å². The molecule has 53 heavy (non-hydrogen) atoms. The zero-order valence-electron chi connectivity index (χ0n) is 30.5. The monoisotopic (exact) mass is 772 g/mol. The summed E-state index contributed by atoms with van der Waals surface area (Å²) in [5, 5.41) is 8.32. The molecule has 0 spiro atoms. The van der Waals surface area contributed by atoms with Gasteiger partial charge in [-0.3, -0.25) is 9.98 Å². The van der Waals surface area contributed by atoms with Crippen molar-refractivity contribution in [3.8, 4) is 0 Å². The van der Waals surface area contributed by atoms with Gasteiger partial charge in [0.25, 0.3) is 0 Å². The van der Waals surface area contributed by atoms with Gasteiger partial charge in [0, 0.05) is 23.6 Å². The predicted molar refractivity (Wildman–Crippen MR) is 233 cm³/mol. The van der Waals surface area contributed by atoms with E-state index in [1.807, 2.05) is 0 Å². The number of hydrogen-bond donors (Lipinski definition) is 0. The molecule has 0 saturated heterocycles. The fourth-order valence-corrected chi connectivity index (χ4v) is 12.3. The number of rotatable bonds is 10. The molecule has 1 aliphatic rings. The second-order valence-electron chi connectivity index (χ2n) is 12.6. The Kier molecular flexibility index (Phi) is 17.1. The topological polar surface area (TPSA) is 29.1 Å². The summed E-state index contributed by atoms with van der Waals surface area (Å²) in [7, 11) is -0.972. The Bertz CT molecular complexity index is 1830. The van der Waals surface area contributed by atoms with Crippen LogP contribution in [0.15, 0.2) is 180 Å². The molecule has 0 amide bonds. The fraction of sp³-hybridized carbons (Fsp3) is 0.149. The molecule has 0 radical (unpaired) electrons. The van der Waals surface area contributed by atoms with Crippen LogP contribution >= 0.6 is 15.8 Å². The van der Waals surface area contributed by atoms with Crippen molar-refractivity contribution >= 4 is 60.1 Å². The van der Waals surface area contributed by atoms with E-state index in [2.05, 4.69) is 187 Å². The maximum absolute atomic E-state index is 5.83. The summed E-state index contributed by atoms with van der Waals surface area (Å²) in [6.07, 6.45) is 8.85. The average molecular weight is 773 g/mol. The Balaban J connectivity index is 0.00000121. The third kappa shape index (κ3) is 11.0. The van der Waals surface area contributed by atoms with Crippen molar-refractivity contribution in [1.82, 2.24) is 0 Å². The van der Waals surface area contributed by atoms with E-state index in [0.717, 1.165) is 12.8 Å². The van der Waals surface area contributed by atoms with E-state index < -0.39 is 15.8 Å². The van der Waals surface area contributed by atoms with Crippen molar-refractivity contribution < 1.29 is 17.1 Å². The first-order valence-corrected chi connectivity index (χ1v) is 20.7. The number of nitrogens with zero attached hydrogens (tertiary/aromatic N) is 3. The summed E-state index contributed by atoms with van der Waals surface area (Å²) >= 11 is 0. The Morgan fingerprint density at radius 3 is 1.06 bits per heavy atom. The van der Waals surface area contributed by atoms with E-state index in [-0.39, 0.29) is 36.6 Å². The molecule has 0 aliphatic heterocycles. The standard InChI is InChI=1S/C44H40N2P2.C2H3N.CH3.Fe/c1-5-21-37(22-6-1)47(38-23-7-2-8-24-38)43-31-17-13-19-35(43)33-45-41-29-15-16-30-42(41)46-34-36-20-14-18-32-44(36)48(39-25-9-3-10-26-39)40-27-11-4-12-28-40;1-3-2;;/h1-14,17-28,31-34,41-42H,15-16,29-30H2;1H3;1H3;/q;;-1;+2/p+2. The Morgan fingerprint density at radius 2 is 0.755 bits per heavy atom. The fourth-order valence-electron chi connectivity index (χ4n) is 6.84. The normalized spacial score (nSPS) is 15.2. The van der Waals surface area contributed by atoms with Gasteiger partial charge in [-0.05, 0) is 85.6 Å². The maximum Gasteiger partial charge on any atom is 2.00 e. The van der Waals surface area contributed by atoms with Crippen LogP contribution in [0.25, 0.3) is 4.85 Å². The molecule has 6 aromatic carbocycles. The van der Waals surface area contributed by atoms with Crippen LogP contribution in [0.4, 0.5) is 0 Å². The van der Waals surface area contributed by atoms with Crippen LogP contribution in [-0.2, 0) is 17.1 Å². The smallest absolute Gasteiger partial charge is 0.358 e. The quantitative estimate of drug-likeness (QED) is 0.0579. The molecule has 2 atom stereocenters. The molecule has 0 heterocycles. The van der Waals surface area contributed by atoms with E-state index in [9.17, 15) is 0 Å². The summed E-state index contributed by atoms with van der Waals surface area (Å²) in [6.45, 7) is 5.83. The Morgan fingerprint density at radius 1 is 0.491 bits per heavy atom. The zero-order valence-corrected chi connectivity index (χ0v) is 33.6. The summed E-state index contributed by atoms with van der Waals surface area (Å²) < 4.78 is 0. The molecule has 1 saturated carbocycles. The number of hydrogen-bond acceptors (Lipinski definition) is 2. The summed E-state index contributed by atoms with van der Waals surface area (Å²) in [6, 6.07) is 62.0. The maximum atomic E-state index is 5.83. The summed E-state index contributed by atoms with van der Waals surface area (Å²) in [5.41, 5.74) is 2.44. The number of benzene rings is 6. The molecule has 0 bridgehead atoms. The second kappa shape index (κ2) is 21.9. The third-order valence-corrected chi connectivity index (χ3v) is 14.8. The first-order chi connectivity index (χ1) is 25.3. The largest absolute Gasteiger partial charge is 2.00 e. The van der Waals surface area contributed by atoms with Crippen molar-refractivity contribution in [3.63, 3.8) is 0 Å². The molecule has 0 aromatic heterocycles. The summed E-state index contributed by atoms with van der Waals surface area (Å²) in [4.78, 5) is 13.4. The van der Waals surface area contributed by atoms with Gasteiger partial charge in [0.1, 0.15) is 31.8 Å². The molecule has 6 aromatic rings. The van der Waals surface area contributed by atoms with Crippen molar-refractivity contribution in [2.24, 2.45) is 9.98 Å². The van der Waals surface area contributed by atoms with Crippen molar-refractivity contribution in [3.05, 3.63) is 200 Å². The molecule has 2 unspecified atom stereocenters. The zero-order chi connectivity index (χ0) is 35.1. The first kappa shape index (κ1) is 41.3. The van der Waals surface area contributed by atoms with Crippen LogP contribution in [-0.4, -0.2) is 31.6 Å². The Labute approximate surface area is 330 Å². The van der Waals surface area contributed by atoms with Gasteiger partial charge in [0.15, 0.2) is 0 Å². The van der Waals surface area contributed by atoms with Gasteiger partial charge in [-0.1, -0.05) is 110 Å². The van der Waals surface area contributed by atoms with E-state index in [1.54, 1.807) is 0 Å². The van der Waals surface area contributed by atoms with Crippen molar-refractivity contribution in [2.45, 2.75) is 37.8 Å². The first-order valence-electron chi connectivity index (χ1n) is 17.7. The number of aliphatic imine (C=N–C) groups is 2. The van der Waals surface area contributed by atoms with Gasteiger partial charge < -0.3 is 12.3 Å². The molecule has 1 fully saturated rings. The molecule has 1 aliphatic carbocycles. The third-order valence-electron chi connectivity index (χ3n) is 9.21. The van der Waals surface area contributed by atoms with Gasteiger partial charge in [-0.25, -0.2) is 6.57 Å². The minimum absolute atomic E-state index is 0. The van der Waals surface area contributed by atoms with Crippen LogP contribution in [0.5, 0.6) is 0 Å².